The van der Waals surface area contributed by atoms with Crippen LogP contribution < -0.4 is 9.64 Å². The lowest BCUT2D eigenvalue weighted by Gasteiger charge is -2.25. The Kier molecular flexibility index (Phi) is 6.01. The predicted octanol–water partition coefficient (Wildman–Crippen LogP) is 4.51. The number of ether oxygens (including phenoxy) is 1. The van der Waals surface area contributed by atoms with Crippen LogP contribution >= 0.6 is 23.4 Å². The molecule has 1 aromatic heterocycles. The molecule has 2 unspecified atom stereocenters. The summed E-state index contributed by atoms with van der Waals surface area (Å²) in [6.07, 6.45) is 0.884. The molecule has 30 heavy (non-hydrogen) atoms. The Hall–Kier alpha value is -2.51. The van der Waals surface area contributed by atoms with Gasteiger partial charge in [0.2, 0.25) is 5.91 Å². The number of para-hydroxylation sites is 1. The zero-order valence-electron chi connectivity index (χ0n) is 17.1. The van der Waals surface area contributed by atoms with Crippen molar-refractivity contribution in [1.82, 2.24) is 14.8 Å². The zero-order valence-corrected chi connectivity index (χ0v) is 18.7. The lowest BCUT2D eigenvalue weighted by atomic mass is 10.1. The van der Waals surface area contributed by atoms with Crippen LogP contribution in [0.2, 0.25) is 5.02 Å². The van der Waals surface area contributed by atoms with E-state index < -0.39 is 0 Å². The number of thioether (sulfide) groups is 1. The van der Waals surface area contributed by atoms with Gasteiger partial charge >= 0.3 is 0 Å². The summed E-state index contributed by atoms with van der Waals surface area (Å²) in [6, 6.07) is 15.4. The first-order valence-electron chi connectivity index (χ1n) is 9.78. The SMILES string of the molecule is CC(Sc1nnc(COc2ccc(Cl)cc2)n1C)C(=O)N1c2ccccc2CC1C. The fourth-order valence-corrected chi connectivity index (χ4v) is 4.57. The minimum Gasteiger partial charge on any atom is -0.486 e. The van der Waals surface area contributed by atoms with E-state index in [1.165, 1.54) is 17.3 Å². The van der Waals surface area contributed by atoms with Crippen molar-refractivity contribution in [2.24, 2.45) is 7.05 Å². The quantitative estimate of drug-likeness (QED) is 0.526. The number of hydrogen-bond donors (Lipinski definition) is 0. The summed E-state index contributed by atoms with van der Waals surface area (Å²) in [7, 11) is 1.88. The molecule has 0 saturated carbocycles. The highest BCUT2D eigenvalue weighted by Gasteiger charge is 2.34. The van der Waals surface area contributed by atoms with Crippen molar-refractivity contribution in [1.29, 1.82) is 0 Å². The zero-order chi connectivity index (χ0) is 21.3. The summed E-state index contributed by atoms with van der Waals surface area (Å²) in [4.78, 5) is 15.1. The smallest absolute Gasteiger partial charge is 0.240 e. The maximum atomic E-state index is 13.2. The van der Waals surface area contributed by atoms with Gasteiger partial charge in [-0.3, -0.25) is 4.79 Å². The maximum absolute atomic E-state index is 13.2. The van der Waals surface area contributed by atoms with Gasteiger partial charge in [0.15, 0.2) is 11.0 Å². The molecule has 2 heterocycles. The first-order valence-corrected chi connectivity index (χ1v) is 11.0. The van der Waals surface area contributed by atoms with Gasteiger partial charge in [-0.1, -0.05) is 41.6 Å². The summed E-state index contributed by atoms with van der Waals surface area (Å²) in [5, 5.41) is 9.54. The molecule has 1 aliphatic rings. The van der Waals surface area contributed by atoms with E-state index in [1.54, 1.807) is 12.1 Å². The monoisotopic (exact) mass is 442 g/mol. The van der Waals surface area contributed by atoms with Crippen LogP contribution in [0.4, 0.5) is 5.69 Å². The third-order valence-electron chi connectivity index (χ3n) is 5.18. The van der Waals surface area contributed by atoms with Crippen LogP contribution in [0.5, 0.6) is 5.75 Å². The number of halogens is 1. The normalized spacial score (nSPS) is 16.4. The van der Waals surface area contributed by atoms with Crippen LogP contribution in [0.1, 0.15) is 25.2 Å². The number of fused-ring (bicyclic) bond motifs is 1. The van der Waals surface area contributed by atoms with Crippen molar-refractivity contribution in [2.75, 3.05) is 4.90 Å². The maximum Gasteiger partial charge on any atom is 0.240 e. The van der Waals surface area contributed by atoms with Gasteiger partial charge in [0, 0.05) is 23.8 Å². The summed E-state index contributed by atoms with van der Waals surface area (Å²) in [6.45, 7) is 4.29. The number of nitrogens with zero attached hydrogens (tertiary/aromatic N) is 4. The standard InChI is InChI=1S/C22H23ClN4O2S/c1-14-12-16-6-4-5-7-19(16)27(14)21(28)15(2)30-22-25-24-20(26(22)3)13-29-18-10-8-17(23)9-11-18/h4-11,14-15H,12-13H2,1-3H3. The van der Waals surface area contributed by atoms with Gasteiger partial charge < -0.3 is 14.2 Å². The Morgan fingerprint density at radius 1 is 1.23 bits per heavy atom. The topological polar surface area (TPSA) is 60.3 Å². The number of anilines is 1. The molecule has 1 aliphatic heterocycles. The van der Waals surface area contributed by atoms with Gasteiger partial charge in [-0.15, -0.1) is 10.2 Å². The van der Waals surface area contributed by atoms with Gasteiger partial charge in [0.25, 0.3) is 0 Å². The van der Waals surface area contributed by atoms with Crippen LogP contribution in [0, 0.1) is 0 Å². The lowest BCUT2D eigenvalue weighted by molar-refractivity contribution is -0.118. The molecule has 0 bridgehead atoms. The van der Waals surface area contributed by atoms with Crippen LogP contribution in [0.25, 0.3) is 0 Å². The van der Waals surface area contributed by atoms with Crippen molar-refractivity contribution in [2.45, 2.75) is 43.3 Å². The van der Waals surface area contributed by atoms with Crippen molar-refractivity contribution in [3.8, 4) is 5.75 Å². The van der Waals surface area contributed by atoms with Crippen LogP contribution in [0.3, 0.4) is 0 Å². The first kappa shape index (κ1) is 20.8. The molecule has 8 heteroatoms. The largest absolute Gasteiger partial charge is 0.486 e. The van der Waals surface area contributed by atoms with Gasteiger partial charge in [-0.2, -0.15) is 0 Å². The van der Waals surface area contributed by atoms with Crippen LogP contribution in [0.15, 0.2) is 53.7 Å². The molecule has 0 radical (unpaired) electrons. The average molecular weight is 443 g/mol. The number of hydrogen-bond acceptors (Lipinski definition) is 5. The molecule has 0 N–H and O–H groups in total. The average Bonchev–Trinajstić information content (AvgIpc) is 3.26. The lowest BCUT2D eigenvalue weighted by Crippen LogP contribution is -2.40. The Balaban J connectivity index is 1.42. The van der Waals surface area contributed by atoms with Crippen molar-refractivity contribution in [3.63, 3.8) is 0 Å². The molecular formula is C22H23ClN4O2S. The highest BCUT2D eigenvalue weighted by atomic mass is 35.5. The second kappa shape index (κ2) is 8.70. The third kappa shape index (κ3) is 4.18. The van der Waals surface area contributed by atoms with Gasteiger partial charge in [0.1, 0.15) is 12.4 Å². The predicted molar refractivity (Wildman–Crippen MR) is 119 cm³/mol. The van der Waals surface area contributed by atoms with E-state index in [2.05, 4.69) is 23.2 Å². The summed E-state index contributed by atoms with van der Waals surface area (Å²) in [5.41, 5.74) is 2.23. The number of benzene rings is 2. The van der Waals surface area contributed by atoms with E-state index in [0.717, 1.165) is 12.1 Å². The first-order chi connectivity index (χ1) is 14.4. The molecule has 3 aromatic rings. The molecule has 0 fully saturated rings. The molecule has 2 aromatic carbocycles. The molecule has 0 aliphatic carbocycles. The Morgan fingerprint density at radius 3 is 2.73 bits per heavy atom. The highest BCUT2D eigenvalue weighted by Crippen LogP contribution is 2.34. The molecule has 156 valence electrons. The van der Waals surface area contributed by atoms with Crippen LogP contribution in [-0.4, -0.2) is 32.0 Å². The van der Waals surface area contributed by atoms with Gasteiger partial charge in [-0.25, -0.2) is 0 Å². The number of aromatic nitrogens is 3. The molecule has 1 amide bonds. The molecule has 2 atom stereocenters. The van der Waals surface area contributed by atoms with Crippen molar-refractivity contribution < 1.29 is 9.53 Å². The summed E-state index contributed by atoms with van der Waals surface area (Å²) >= 11 is 7.31. The number of amides is 1. The second-order valence-corrected chi connectivity index (χ2v) is 9.09. The van der Waals surface area contributed by atoms with Gasteiger partial charge in [-0.05, 0) is 56.2 Å². The van der Waals surface area contributed by atoms with Crippen molar-refractivity contribution in [3.05, 3.63) is 64.9 Å². The van der Waals surface area contributed by atoms with E-state index in [-0.39, 0.29) is 23.8 Å². The molecular weight excluding hydrogens is 420 g/mol. The Morgan fingerprint density at radius 2 is 1.97 bits per heavy atom. The summed E-state index contributed by atoms with van der Waals surface area (Å²) in [5.74, 6) is 1.48. The Labute approximate surface area is 185 Å². The molecule has 0 spiro atoms. The highest BCUT2D eigenvalue weighted by molar-refractivity contribution is 8.00. The number of carbonyl (C=O) groups excluding carboxylic acids is 1. The molecule has 4 rings (SSSR count). The number of carbonyl (C=O) groups is 1. The van der Waals surface area contributed by atoms with E-state index in [0.29, 0.717) is 21.8 Å². The van der Waals surface area contributed by atoms with Crippen LogP contribution in [-0.2, 0) is 24.9 Å². The van der Waals surface area contributed by atoms with E-state index in [1.807, 2.05) is 53.8 Å². The minimum atomic E-state index is -0.286. The fourth-order valence-electron chi connectivity index (χ4n) is 3.56. The Bertz CT molecular complexity index is 1050. The minimum absolute atomic E-state index is 0.0828. The van der Waals surface area contributed by atoms with E-state index in [9.17, 15) is 4.79 Å². The second-order valence-electron chi connectivity index (χ2n) is 7.35. The fraction of sp³-hybridized carbons (Fsp3) is 0.318. The number of rotatable bonds is 6. The van der Waals surface area contributed by atoms with E-state index in [4.69, 9.17) is 16.3 Å². The summed E-state index contributed by atoms with van der Waals surface area (Å²) < 4.78 is 7.63. The molecule has 6 nitrogen and oxygen atoms in total. The third-order valence-corrected chi connectivity index (χ3v) is 6.55. The van der Waals surface area contributed by atoms with Crippen molar-refractivity contribution >= 4 is 35.0 Å². The molecule has 0 saturated heterocycles. The van der Waals surface area contributed by atoms with Gasteiger partial charge in [0.05, 0.1) is 5.25 Å². The van der Waals surface area contributed by atoms with E-state index >= 15 is 0 Å².